The van der Waals surface area contributed by atoms with E-state index in [2.05, 4.69) is 10.2 Å². The summed E-state index contributed by atoms with van der Waals surface area (Å²) >= 11 is 1.51. The smallest absolute Gasteiger partial charge is 0.325 e. The van der Waals surface area contributed by atoms with Gasteiger partial charge in [0.05, 0.1) is 13.2 Å². The van der Waals surface area contributed by atoms with E-state index in [0.29, 0.717) is 13.2 Å². The molecule has 0 unspecified atom stereocenters. The first-order chi connectivity index (χ1) is 12.4. The summed E-state index contributed by atoms with van der Waals surface area (Å²) < 4.78 is 10.0. The molecule has 26 heavy (non-hydrogen) atoms. The van der Waals surface area contributed by atoms with E-state index in [0.717, 1.165) is 26.8 Å². The maximum absolute atomic E-state index is 11.9. The van der Waals surface area contributed by atoms with Gasteiger partial charge >= 0.3 is 11.9 Å². The molecule has 0 radical (unpaired) electrons. The SMILES string of the molecule is CCOC(=O)CN(CC(=O)OCC)c1ccc(-c2nnc(C)s2)cc1C. The fraction of sp³-hybridized carbons (Fsp3) is 0.444. The molecule has 0 atom stereocenters. The van der Waals surface area contributed by atoms with Crippen LogP contribution in [-0.2, 0) is 19.1 Å². The number of carbonyl (C=O) groups excluding carboxylic acids is 2. The minimum atomic E-state index is -0.389. The van der Waals surface area contributed by atoms with Gasteiger partial charge in [0.25, 0.3) is 0 Å². The van der Waals surface area contributed by atoms with E-state index in [1.54, 1.807) is 18.7 Å². The number of ether oxygens (including phenoxy) is 2. The standard InChI is InChI=1S/C18H23N3O4S/c1-5-24-16(22)10-21(11-17(23)25-6-2)15-8-7-14(9-12(15)3)18-20-19-13(4)26-18/h7-9H,5-6,10-11H2,1-4H3. The van der Waals surface area contributed by atoms with Crippen LogP contribution in [-0.4, -0.2) is 48.4 Å². The van der Waals surface area contributed by atoms with Gasteiger partial charge < -0.3 is 14.4 Å². The maximum atomic E-state index is 11.9. The largest absolute Gasteiger partial charge is 0.465 e. The molecule has 0 saturated carbocycles. The molecule has 2 rings (SSSR count). The summed E-state index contributed by atoms with van der Waals surface area (Å²) in [6.07, 6.45) is 0. The van der Waals surface area contributed by atoms with Crippen LogP contribution in [0.4, 0.5) is 5.69 Å². The zero-order valence-electron chi connectivity index (χ0n) is 15.4. The Hall–Kier alpha value is -2.48. The monoisotopic (exact) mass is 377 g/mol. The van der Waals surface area contributed by atoms with E-state index in [1.165, 1.54) is 11.3 Å². The molecule has 140 valence electrons. The molecule has 0 fully saturated rings. The molecule has 1 aromatic carbocycles. The lowest BCUT2D eigenvalue weighted by atomic mass is 10.1. The van der Waals surface area contributed by atoms with Gasteiger partial charge in [-0.2, -0.15) is 0 Å². The van der Waals surface area contributed by atoms with Gasteiger partial charge in [-0.3, -0.25) is 9.59 Å². The molecule has 0 bridgehead atoms. The third kappa shape index (κ3) is 5.26. The number of aryl methyl sites for hydroxylation is 2. The molecule has 0 aliphatic carbocycles. The fourth-order valence-electron chi connectivity index (χ4n) is 2.51. The van der Waals surface area contributed by atoms with Gasteiger partial charge in [0, 0.05) is 11.3 Å². The van der Waals surface area contributed by atoms with Gasteiger partial charge in [-0.15, -0.1) is 10.2 Å². The molecular weight excluding hydrogens is 354 g/mol. The number of esters is 2. The summed E-state index contributed by atoms with van der Waals surface area (Å²) in [5, 5.41) is 9.92. The number of benzene rings is 1. The Balaban J connectivity index is 2.27. The van der Waals surface area contributed by atoms with E-state index >= 15 is 0 Å². The third-order valence-electron chi connectivity index (χ3n) is 3.56. The second-order valence-electron chi connectivity index (χ2n) is 5.59. The Morgan fingerprint density at radius 1 is 1.04 bits per heavy atom. The first-order valence-corrected chi connectivity index (χ1v) is 9.23. The highest BCUT2D eigenvalue weighted by Crippen LogP contribution is 2.29. The lowest BCUT2D eigenvalue weighted by Crippen LogP contribution is -2.36. The van der Waals surface area contributed by atoms with Gasteiger partial charge in [-0.05, 0) is 51.5 Å². The molecule has 0 aliphatic heterocycles. The Kier molecular flexibility index (Phi) is 7.08. The van der Waals surface area contributed by atoms with Crippen LogP contribution in [0.1, 0.15) is 24.4 Å². The van der Waals surface area contributed by atoms with Crippen molar-refractivity contribution in [1.82, 2.24) is 10.2 Å². The highest BCUT2D eigenvalue weighted by molar-refractivity contribution is 7.14. The molecule has 0 amide bonds. The molecule has 0 saturated heterocycles. The highest BCUT2D eigenvalue weighted by Gasteiger charge is 2.19. The Labute approximate surface area is 156 Å². The molecule has 8 heteroatoms. The van der Waals surface area contributed by atoms with Crippen molar-refractivity contribution in [3.8, 4) is 10.6 Å². The van der Waals surface area contributed by atoms with Gasteiger partial charge in [0.1, 0.15) is 23.1 Å². The summed E-state index contributed by atoms with van der Waals surface area (Å²) in [5.41, 5.74) is 2.64. The van der Waals surface area contributed by atoms with E-state index < -0.39 is 0 Å². The van der Waals surface area contributed by atoms with Crippen molar-refractivity contribution in [2.45, 2.75) is 27.7 Å². The van der Waals surface area contributed by atoms with Crippen LogP contribution >= 0.6 is 11.3 Å². The number of anilines is 1. The first-order valence-electron chi connectivity index (χ1n) is 8.41. The Bertz CT molecular complexity index is 756. The van der Waals surface area contributed by atoms with Gasteiger partial charge in [0.15, 0.2) is 0 Å². The maximum Gasteiger partial charge on any atom is 0.325 e. The molecular formula is C18H23N3O4S. The minimum Gasteiger partial charge on any atom is -0.465 e. The van der Waals surface area contributed by atoms with E-state index in [9.17, 15) is 9.59 Å². The average molecular weight is 377 g/mol. The van der Waals surface area contributed by atoms with Crippen LogP contribution in [0.5, 0.6) is 0 Å². The summed E-state index contributed by atoms with van der Waals surface area (Å²) in [7, 11) is 0. The number of hydrogen-bond donors (Lipinski definition) is 0. The van der Waals surface area contributed by atoms with Crippen LogP contribution in [0.3, 0.4) is 0 Å². The molecule has 1 heterocycles. The van der Waals surface area contributed by atoms with Gasteiger partial charge in [-0.1, -0.05) is 11.3 Å². The van der Waals surface area contributed by atoms with Crippen molar-refractivity contribution >= 4 is 29.0 Å². The quantitative estimate of drug-likeness (QED) is 0.654. The van der Waals surface area contributed by atoms with E-state index in [4.69, 9.17) is 9.47 Å². The molecule has 0 aliphatic rings. The van der Waals surface area contributed by atoms with Crippen molar-refractivity contribution in [2.75, 3.05) is 31.2 Å². The van der Waals surface area contributed by atoms with Crippen LogP contribution in [0.2, 0.25) is 0 Å². The Morgan fingerprint density at radius 3 is 2.12 bits per heavy atom. The number of aromatic nitrogens is 2. The predicted molar refractivity (Wildman–Crippen MR) is 100 cm³/mol. The number of nitrogens with zero attached hydrogens (tertiary/aromatic N) is 3. The van der Waals surface area contributed by atoms with Crippen LogP contribution in [0, 0.1) is 13.8 Å². The molecule has 7 nitrogen and oxygen atoms in total. The van der Waals surface area contributed by atoms with E-state index in [-0.39, 0.29) is 25.0 Å². The fourth-order valence-corrected chi connectivity index (χ4v) is 3.20. The lowest BCUT2D eigenvalue weighted by Gasteiger charge is -2.24. The van der Waals surface area contributed by atoms with E-state index in [1.807, 2.05) is 32.0 Å². The van der Waals surface area contributed by atoms with Crippen LogP contribution < -0.4 is 4.90 Å². The van der Waals surface area contributed by atoms with Crippen molar-refractivity contribution in [2.24, 2.45) is 0 Å². The second-order valence-corrected chi connectivity index (χ2v) is 6.78. The zero-order valence-corrected chi connectivity index (χ0v) is 16.3. The predicted octanol–water partition coefficient (Wildman–Crippen LogP) is 2.75. The summed E-state index contributed by atoms with van der Waals surface area (Å²) in [6, 6.07) is 5.75. The highest BCUT2D eigenvalue weighted by atomic mass is 32.1. The molecule has 0 N–H and O–H groups in total. The lowest BCUT2D eigenvalue weighted by molar-refractivity contribution is -0.142. The van der Waals surface area contributed by atoms with Crippen molar-refractivity contribution in [1.29, 1.82) is 0 Å². The topological polar surface area (TPSA) is 81.6 Å². The molecule has 0 spiro atoms. The summed E-state index contributed by atoms with van der Waals surface area (Å²) in [4.78, 5) is 25.5. The normalized spacial score (nSPS) is 10.5. The number of carbonyl (C=O) groups is 2. The van der Waals surface area contributed by atoms with Crippen LogP contribution in [0.25, 0.3) is 10.6 Å². The first kappa shape index (κ1) is 19.8. The molecule has 2 aromatic rings. The number of hydrogen-bond acceptors (Lipinski definition) is 8. The van der Waals surface area contributed by atoms with Crippen LogP contribution in [0.15, 0.2) is 18.2 Å². The zero-order chi connectivity index (χ0) is 19.1. The minimum absolute atomic E-state index is 0.0231. The Morgan fingerprint density at radius 2 is 1.65 bits per heavy atom. The van der Waals surface area contributed by atoms with Crippen molar-refractivity contribution in [3.63, 3.8) is 0 Å². The van der Waals surface area contributed by atoms with Gasteiger partial charge in [-0.25, -0.2) is 0 Å². The third-order valence-corrected chi connectivity index (χ3v) is 4.45. The molecule has 1 aromatic heterocycles. The second kappa shape index (κ2) is 9.28. The van der Waals surface area contributed by atoms with Crippen molar-refractivity contribution in [3.05, 3.63) is 28.8 Å². The van der Waals surface area contributed by atoms with Crippen molar-refractivity contribution < 1.29 is 19.1 Å². The summed E-state index contributed by atoms with van der Waals surface area (Å²) in [5.74, 6) is -0.778. The van der Waals surface area contributed by atoms with Gasteiger partial charge in [0.2, 0.25) is 0 Å². The average Bonchev–Trinajstić information content (AvgIpc) is 3.01. The number of rotatable bonds is 8. The summed E-state index contributed by atoms with van der Waals surface area (Å²) in [6.45, 7) is 7.87.